The molecule has 0 spiro atoms. The molecule has 34 heavy (non-hydrogen) atoms. The molecule has 0 saturated carbocycles. The van der Waals surface area contributed by atoms with Crippen LogP contribution in [0, 0.1) is 0 Å². The Morgan fingerprint density at radius 2 is 1.38 bits per heavy atom. The van der Waals surface area contributed by atoms with Crippen LogP contribution >= 0.6 is 0 Å². The van der Waals surface area contributed by atoms with Crippen molar-refractivity contribution in [3.05, 3.63) is 96.6 Å². The van der Waals surface area contributed by atoms with Gasteiger partial charge in [0.15, 0.2) is 5.76 Å². The van der Waals surface area contributed by atoms with E-state index >= 15 is 0 Å². The molecule has 2 heterocycles. The summed E-state index contributed by atoms with van der Waals surface area (Å²) in [6.07, 6.45) is -4.48. The van der Waals surface area contributed by atoms with Crippen LogP contribution in [0.2, 0.25) is 0 Å². The van der Waals surface area contributed by atoms with Gasteiger partial charge in [0.25, 0.3) is 0 Å². The predicted octanol–water partition coefficient (Wildman–Crippen LogP) is 8.01. The van der Waals surface area contributed by atoms with E-state index in [2.05, 4.69) is 10.2 Å². The van der Waals surface area contributed by atoms with E-state index in [0.29, 0.717) is 16.8 Å². The fourth-order valence-electron chi connectivity index (χ4n) is 4.02. The highest BCUT2D eigenvalue weighted by Gasteiger charge is 2.30. The van der Waals surface area contributed by atoms with Gasteiger partial charge in [-0.2, -0.15) is 13.2 Å². The van der Waals surface area contributed by atoms with E-state index in [-0.39, 0.29) is 11.6 Å². The molecule has 166 valence electrons. The molecule has 0 radical (unpaired) electrons. The molecule has 0 saturated heterocycles. The largest absolute Gasteiger partial charge is 0.454 e. The highest BCUT2D eigenvalue weighted by atomic mass is 19.4. The molecule has 4 aromatic carbocycles. The summed E-state index contributed by atoms with van der Waals surface area (Å²) in [6, 6.07) is 25.8. The third kappa shape index (κ3) is 3.51. The van der Waals surface area contributed by atoms with Crippen LogP contribution in [0.15, 0.2) is 95.4 Å². The number of hydrogen-bond donors (Lipinski definition) is 0. The van der Waals surface area contributed by atoms with Crippen molar-refractivity contribution in [1.82, 2.24) is 10.2 Å². The minimum atomic E-state index is -4.48. The molecule has 0 N–H and O–H groups in total. The van der Waals surface area contributed by atoms with Crippen LogP contribution in [0.4, 0.5) is 13.2 Å². The Bertz CT molecular complexity index is 1660. The molecule has 6 aromatic rings. The molecule has 7 heteroatoms. The van der Waals surface area contributed by atoms with E-state index in [1.807, 2.05) is 66.7 Å². The van der Waals surface area contributed by atoms with Crippen molar-refractivity contribution < 1.29 is 22.3 Å². The second kappa shape index (κ2) is 7.59. The fourth-order valence-corrected chi connectivity index (χ4v) is 4.02. The Labute approximate surface area is 191 Å². The lowest BCUT2D eigenvalue weighted by Crippen LogP contribution is -2.04. The standard InChI is InChI=1S/C27H15F3N2O2/c28-27(29,30)19-9-5-10-20(15-19)33-26-22-13-17-7-2-1-6-16(17)12-21(22)25(31-32-26)24-14-18-8-3-4-11-23(18)34-24/h1-15H. The van der Waals surface area contributed by atoms with Crippen molar-refractivity contribution >= 4 is 32.5 Å². The minimum Gasteiger partial charge on any atom is -0.454 e. The van der Waals surface area contributed by atoms with Crippen molar-refractivity contribution in [2.24, 2.45) is 0 Å². The van der Waals surface area contributed by atoms with Crippen LogP contribution < -0.4 is 4.74 Å². The number of nitrogens with zero attached hydrogens (tertiary/aromatic N) is 2. The van der Waals surface area contributed by atoms with Gasteiger partial charge in [0.2, 0.25) is 5.88 Å². The molecule has 4 nitrogen and oxygen atoms in total. The van der Waals surface area contributed by atoms with E-state index < -0.39 is 11.7 Å². The molecular weight excluding hydrogens is 441 g/mol. The SMILES string of the molecule is FC(F)(F)c1cccc(Oc2nnc(-c3cc4ccccc4o3)c3cc4ccccc4cc23)c1. The first kappa shape index (κ1) is 20.2. The molecule has 0 aliphatic rings. The summed E-state index contributed by atoms with van der Waals surface area (Å²) in [4.78, 5) is 0. The van der Waals surface area contributed by atoms with Crippen molar-refractivity contribution in [2.45, 2.75) is 6.18 Å². The molecular formula is C27H15F3N2O2. The second-order valence-corrected chi connectivity index (χ2v) is 7.87. The smallest absolute Gasteiger partial charge is 0.416 e. The van der Waals surface area contributed by atoms with Gasteiger partial charge >= 0.3 is 6.18 Å². The number of hydrogen-bond acceptors (Lipinski definition) is 4. The van der Waals surface area contributed by atoms with E-state index in [1.165, 1.54) is 12.1 Å². The van der Waals surface area contributed by atoms with Crippen LogP contribution in [0.5, 0.6) is 11.6 Å². The zero-order valence-electron chi connectivity index (χ0n) is 17.5. The third-order valence-corrected chi connectivity index (χ3v) is 5.65. The van der Waals surface area contributed by atoms with Gasteiger partial charge in [0.1, 0.15) is 17.0 Å². The number of fused-ring (bicyclic) bond motifs is 3. The molecule has 6 rings (SSSR count). The summed E-state index contributed by atoms with van der Waals surface area (Å²) < 4.78 is 51.3. The minimum absolute atomic E-state index is 0.0232. The van der Waals surface area contributed by atoms with Crippen LogP contribution in [0.1, 0.15) is 5.56 Å². The molecule has 0 bridgehead atoms. The Morgan fingerprint density at radius 1 is 0.676 bits per heavy atom. The second-order valence-electron chi connectivity index (χ2n) is 7.87. The number of aromatic nitrogens is 2. The van der Waals surface area contributed by atoms with Crippen LogP contribution in [-0.2, 0) is 6.18 Å². The van der Waals surface area contributed by atoms with E-state index in [9.17, 15) is 13.2 Å². The van der Waals surface area contributed by atoms with Crippen LogP contribution in [-0.4, -0.2) is 10.2 Å². The Hall–Kier alpha value is -4.39. The first-order chi connectivity index (χ1) is 16.5. The number of benzene rings is 4. The average Bonchev–Trinajstić information content (AvgIpc) is 3.27. The zero-order valence-corrected chi connectivity index (χ0v) is 17.5. The summed E-state index contributed by atoms with van der Waals surface area (Å²) in [6.45, 7) is 0. The highest BCUT2D eigenvalue weighted by molar-refractivity contribution is 6.05. The van der Waals surface area contributed by atoms with E-state index in [1.54, 1.807) is 0 Å². The lowest BCUT2D eigenvalue weighted by Gasteiger charge is -2.12. The molecule has 2 aromatic heterocycles. The summed E-state index contributed by atoms with van der Waals surface area (Å²) in [7, 11) is 0. The maximum Gasteiger partial charge on any atom is 0.416 e. The monoisotopic (exact) mass is 456 g/mol. The highest BCUT2D eigenvalue weighted by Crippen LogP contribution is 2.38. The summed E-state index contributed by atoms with van der Waals surface area (Å²) >= 11 is 0. The van der Waals surface area contributed by atoms with Crippen molar-refractivity contribution in [3.8, 4) is 23.1 Å². The molecule has 0 unspecified atom stereocenters. The van der Waals surface area contributed by atoms with Gasteiger partial charge in [0, 0.05) is 16.2 Å². The number of para-hydroxylation sites is 1. The fraction of sp³-hybridized carbons (Fsp3) is 0.0370. The van der Waals surface area contributed by atoms with E-state index in [4.69, 9.17) is 9.15 Å². The first-order valence-corrected chi connectivity index (χ1v) is 10.5. The number of rotatable bonds is 3. The number of furan rings is 1. The topological polar surface area (TPSA) is 48.2 Å². The average molecular weight is 456 g/mol. The van der Waals surface area contributed by atoms with Crippen molar-refractivity contribution in [3.63, 3.8) is 0 Å². The zero-order chi connectivity index (χ0) is 23.3. The summed E-state index contributed by atoms with van der Waals surface area (Å²) in [5.41, 5.74) is 0.442. The predicted molar refractivity (Wildman–Crippen MR) is 124 cm³/mol. The number of alkyl halides is 3. The van der Waals surface area contributed by atoms with Gasteiger partial charge < -0.3 is 9.15 Å². The first-order valence-electron chi connectivity index (χ1n) is 10.5. The molecule has 0 amide bonds. The van der Waals surface area contributed by atoms with Gasteiger partial charge in [-0.1, -0.05) is 48.5 Å². The Kier molecular flexibility index (Phi) is 4.52. The third-order valence-electron chi connectivity index (χ3n) is 5.65. The lowest BCUT2D eigenvalue weighted by molar-refractivity contribution is -0.137. The number of halogens is 3. The van der Waals surface area contributed by atoms with Crippen molar-refractivity contribution in [1.29, 1.82) is 0 Å². The van der Waals surface area contributed by atoms with Gasteiger partial charge in [-0.05, 0) is 53.2 Å². The molecule has 0 aliphatic carbocycles. The van der Waals surface area contributed by atoms with Gasteiger partial charge in [-0.3, -0.25) is 0 Å². The molecule has 0 fully saturated rings. The lowest BCUT2D eigenvalue weighted by atomic mass is 10.0. The van der Waals surface area contributed by atoms with E-state index in [0.717, 1.165) is 39.3 Å². The quantitative estimate of drug-likeness (QED) is 0.253. The summed E-state index contributed by atoms with van der Waals surface area (Å²) in [5, 5.41) is 12.8. The van der Waals surface area contributed by atoms with Crippen LogP contribution in [0.3, 0.4) is 0 Å². The molecule has 0 atom stereocenters. The summed E-state index contributed by atoms with van der Waals surface area (Å²) in [5.74, 6) is 0.676. The van der Waals surface area contributed by atoms with Gasteiger partial charge in [-0.15, -0.1) is 10.2 Å². The Morgan fingerprint density at radius 3 is 2.12 bits per heavy atom. The number of ether oxygens (including phenoxy) is 1. The van der Waals surface area contributed by atoms with Crippen molar-refractivity contribution in [2.75, 3.05) is 0 Å². The Balaban J connectivity index is 1.55. The normalized spacial score (nSPS) is 12.0. The maximum atomic E-state index is 13.2. The van der Waals surface area contributed by atoms with Gasteiger partial charge in [0.05, 0.1) is 5.56 Å². The van der Waals surface area contributed by atoms with Crippen LogP contribution in [0.25, 0.3) is 44.0 Å². The van der Waals surface area contributed by atoms with Gasteiger partial charge in [-0.25, -0.2) is 0 Å². The maximum absolute atomic E-state index is 13.2. The molecule has 0 aliphatic heterocycles.